The van der Waals surface area contributed by atoms with E-state index < -0.39 is 0 Å². The minimum atomic E-state index is 0.902. The first-order valence-electron chi connectivity index (χ1n) is 5.34. The maximum Gasteiger partial charge on any atom is 0.134 e. The third kappa shape index (κ3) is 1.67. The first kappa shape index (κ1) is 9.97. The van der Waals surface area contributed by atoms with E-state index in [0.29, 0.717) is 0 Å². The van der Waals surface area contributed by atoms with E-state index in [-0.39, 0.29) is 0 Å². The first-order valence-corrected chi connectivity index (χ1v) is 5.34. The van der Waals surface area contributed by atoms with Crippen molar-refractivity contribution in [3.8, 4) is 0 Å². The van der Waals surface area contributed by atoms with Crippen LogP contribution in [0.15, 0.2) is 24.3 Å². The Hall–Kier alpha value is -1.57. The SMILES string of the molecule is CCNc1nc(C)c(C)c2ccccc12. The number of aromatic nitrogens is 1. The Balaban J connectivity index is 2.76. The van der Waals surface area contributed by atoms with Gasteiger partial charge in [-0.15, -0.1) is 0 Å². The van der Waals surface area contributed by atoms with Crippen LogP contribution in [0.1, 0.15) is 18.2 Å². The van der Waals surface area contributed by atoms with E-state index in [9.17, 15) is 0 Å². The van der Waals surface area contributed by atoms with Crippen LogP contribution in [0, 0.1) is 13.8 Å². The number of benzene rings is 1. The van der Waals surface area contributed by atoms with Crippen LogP contribution in [-0.4, -0.2) is 11.5 Å². The smallest absolute Gasteiger partial charge is 0.134 e. The molecule has 1 heterocycles. The van der Waals surface area contributed by atoms with Gasteiger partial charge in [-0.05, 0) is 31.7 Å². The number of hydrogen-bond donors (Lipinski definition) is 1. The summed E-state index contributed by atoms with van der Waals surface area (Å²) < 4.78 is 0. The normalized spacial score (nSPS) is 10.6. The average molecular weight is 200 g/mol. The Morgan fingerprint density at radius 2 is 1.80 bits per heavy atom. The molecule has 0 saturated carbocycles. The fourth-order valence-corrected chi connectivity index (χ4v) is 1.83. The molecule has 2 heteroatoms. The quantitative estimate of drug-likeness (QED) is 0.804. The molecule has 0 fully saturated rings. The van der Waals surface area contributed by atoms with Gasteiger partial charge < -0.3 is 5.32 Å². The van der Waals surface area contributed by atoms with Gasteiger partial charge in [-0.2, -0.15) is 0 Å². The van der Waals surface area contributed by atoms with Crippen molar-refractivity contribution in [2.45, 2.75) is 20.8 Å². The highest BCUT2D eigenvalue weighted by atomic mass is 15.0. The third-order valence-corrected chi connectivity index (χ3v) is 2.75. The van der Waals surface area contributed by atoms with Gasteiger partial charge in [0.15, 0.2) is 0 Å². The largest absolute Gasteiger partial charge is 0.370 e. The first-order chi connectivity index (χ1) is 7.24. The zero-order valence-corrected chi connectivity index (χ0v) is 9.46. The van der Waals surface area contributed by atoms with Gasteiger partial charge in [0.25, 0.3) is 0 Å². The van der Waals surface area contributed by atoms with Crippen molar-refractivity contribution in [3.63, 3.8) is 0 Å². The van der Waals surface area contributed by atoms with Crippen molar-refractivity contribution in [2.24, 2.45) is 0 Å². The standard InChI is InChI=1S/C13H16N2/c1-4-14-13-12-8-6-5-7-11(12)9(2)10(3)15-13/h5-8H,4H2,1-3H3,(H,14,15). The topological polar surface area (TPSA) is 24.9 Å². The number of anilines is 1. The molecule has 2 aromatic rings. The van der Waals surface area contributed by atoms with Crippen LogP contribution in [-0.2, 0) is 0 Å². The van der Waals surface area contributed by atoms with Gasteiger partial charge >= 0.3 is 0 Å². The van der Waals surface area contributed by atoms with E-state index in [1.54, 1.807) is 0 Å². The van der Waals surface area contributed by atoms with Crippen molar-refractivity contribution in [2.75, 3.05) is 11.9 Å². The zero-order valence-electron chi connectivity index (χ0n) is 9.46. The number of pyridine rings is 1. The lowest BCUT2D eigenvalue weighted by molar-refractivity contribution is 1.12. The molecule has 2 rings (SSSR count). The van der Waals surface area contributed by atoms with Crippen LogP contribution in [0.25, 0.3) is 10.8 Å². The lowest BCUT2D eigenvalue weighted by atomic mass is 10.1. The Bertz CT molecular complexity index is 489. The molecular formula is C13H16N2. The number of hydrogen-bond acceptors (Lipinski definition) is 2. The van der Waals surface area contributed by atoms with Crippen molar-refractivity contribution in [3.05, 3.63) is 35.5 Å². The molecule has 1 aromatic heterocycles. The Labute approximate surface area is 90.3 Å². The second-order valence-corrected chi connectivity index (χ2v) is 3.75. The molecule has 2 nitrogen and oxygen atoms in total. The molecule has 0 unspecified atom stereocenters. The molecule has 0 amide bonds. The van der Waals surface area contributed by atoms with Crippen molar-refractivity contribution in [1.29, 1.82) is 0 Å². The number of nitrogens with one attached hydrogen (secondary N) is 1. The molecule has 1 N–H and O–H groups in total. The summed E-state index contributed by atoms with van der Waals surface area (Å²) in [5, 5.41) is 5.81. The Morgan fingerprint density at radius 3 is 2.47 bits per heavy atom. The van der Waals surface area contributed by atoms with Crippen LogP contribution in [0.4, 0.5) is 5.82 Å². The summed E-state index contributed by atoms with van der Waals surface area (Å²) in [5.41, 5.74) is 2.37. The predicted octanol–water partition coefficient (Wildman–Crippen LogP) is 3.28. The van der Waals surface area contributed by atoms with E-state index >= 15 is 0 Å². The molecule has 1 aromatic carbocycles. The summed E-state index contributed by atoms with van der Waals surface area (Å²) in [7, 11) is 0. The highest BCUT2D eigenvalue weighted by molar-refractivity contribution is 5.94. The minimum Gasteiger partial charge on any atom is -0.370 e. The summed E-state index contributed by atoms with van der Waals surface area (Å²) >= 11 is 0. The van der Waals surface area contributed by atoms with Crippen LogP contribution in [0.2, 0.25) is 0 Å². The van der Waals surface area contributed by atoms with Gasteiger partial charge in [0.1, 0.15) is 5.82 Å². The monoisotopic (exact) mass is 200 g/mol. The van der Waals surface area contributed by atoms with Crippen molar-refractivity contribution < 1.29 is 0 Å². The predicted molar refractivity (Wildman–Crippen MR) is 65.4 cm³/mol. The molecule has 0 radical (unpaired) electrons. The molecule has 0 aliphatic rings. The number of fused-ring (bicyclic) bond motifs is 1. The van der Waals surface area contributed by atoms with Crippen LogP contribution >= 0.6 is 0 Å². The molecule has 0 spiro atoms. The van der Waals surface area contributed by atoms with Gasteiger partial charge in [0.2, 0.25) is 0 Å². The van der Waals surface area contributed by atoms with E-state index in [2.05, 4.69) is 55.3 Å². The summed E-state index contributed by atoms with van der Waals surface area (Å²) in [6, 6.07) is 8.40. The van der Waals surface area contributed by atoms with Crippen LogP contribution in [0.5, 0.6) is 0 Å². The fourth-order valence-electron chi connectivity index (χ4n) is 1.83. The van der Waals surface area contributed by atoms with Gasteiger partial charge in [-0.1, -0.05) is 24.3 Å². The highest BCUT2D eigenvalue weighted by Crippen LogP contribution is 2.25. The van der Waals surface area contributed by atoms with Crippen molar-refractivity contribution >= 4 is 16.6 Å². The highest BCUT2D eigenvalue weighted by Gasteiger charge is 2.06. The summed E-state index contributed by atoms with van der Waals surface area (Å²) in [4.78, 5) is 4.58. The van der Waals surface area contributed by atoms with E-state index in [1.807, 2.05) is 0 Å². The second-order valence-electron chi connectivity index (χ2n) is 3.75. The molecule has 0 aliphatic carbocycles. The second kappa shape index (κ2) is 3.89. The Kier molecular flexibility index (Phi) is 2.58. The molecule has 78 valence electrons. The van der Waals surface area contributed by atoms with Crippen LogP contribution < -0.4 is 5.32 Å². The number of rotatable bonds is 2. The molecule has 0 aliphatic heterocycles. The number of nitrogens with zero attached hydrogens (tertiary/aromatic N) is 1. The summed E-state index contributed by atoms with van der Waals surface area (Å²) in [6.45, 7) is 7.17. The summed E-state index contributed by atoms with van der Waals surface area (Å²) in [6.07, 6.45) is 0. The summed E-state index contributed by atoms with van der Waals surface area (Å²) in [5.74, 6) is 0.996. The van der Waals surface area contributed by atoms with Crippen LogP contribution in [0.3, 0.4) is 0 Å². The molecular weight excluding hydrogens is 184 g/mol. The van der Waals surface area contributed by atoms with Gasteiger partial charge in [0, 0.05) is 17.6 Å². The zero-order chi connectivity index (χ0) is 10.8. The van der Waals surface area contributed by atoms with Gasteiger partial charge in [-0.3, -0.25) is 0 Å². The Morgan fingerprint density at radius 1 is 1.13 bits per heavy atom. The van der Waals surface area contributed by atoms with E-state index in [4.69, 9.17) is 0 Å². The average Bonchev–Trinajstić information content (AvgIpc) is 2.26. The third-order valence-electron chi connectivity index (χ3n) is 2.75. The fraction of sp³-hybridized carbons (Fsp3) is 0.308. The van der Waals surface area contributed by atoms with Gasteiger partial charge in [-0.25, -0.2) is 4.98 Å². The van der Waals surface area contributed by atoms with E-state index in [0.717, 1.165) is 18.1 Å². The minimum absolute atomic E-state index is 0.902. The molecule has 0 bridgehead atoms. The number of aryl methyl sites for hydroxylation is 2. The van der Waals surface area contributed by atoms with E-state index in [1.165, 1.54) is 16.3 Å². The maximum absolute atomic E-state index is 4.58. The lowest BCUT2D eigenvalue weighted by Crippen LogP contribution is -2.02. The molecule has 15 heavy (non-hydrogen) atoms. The van der Waals surface area contributed by atoms with Gasteiger partial charge in [0.05, 0.1) is 0 Å². The van der Waals surface area contributed by atoms with Crippen molar-refractivity contribution in [1.82, 2.24) is 4.98 Å². The molecule has 0 saturated heterocycles. The maximum atomic E-state index is 4.58. The lowest BCUT2D eigenvalue weighted by Gasteiger charge is -2.11. The molecule has 0 atom stereocenters.